The van der Waals surface area contributed by atoms with Crippen LogP contribution < -0.4 is 10.2 Å². The first-order chi connectivity index (χ1) is 7.29. The van der Waals surface area contributed by atoms with Crippen LogP contribution in [0.2, 0.25) is 0 Å². The van der Waals surface area contributed by atoms with E-state index < -0.39 is 0 Å². The summed E-state index contributed by atoms with van der Waals surface area (Å²) in [5, 5.41) is 3.44. The molecule has 2 rings (SSSR count). The van der Waals surface area contributed by atoms with E-state index in [1.807, 2.05) is 19.4 Å². The highest BCUT2D eigenvalue weighted by molar-refractivity contribution is 5.34. The predicted octanol–water partition coefficient (Wildman–Crippen LogP) is 1.18. The summed E-state index contributed by atoms with van der Waals surface area (Å²) >= 11 is 0. The summed E-state index contributed by atoms with van der Waals surface area (Å²) < 4.78 is 0. The van der Waals surface area contributed by atoms with Crippen molar-refractivity contribution in [3.05, 3.63) is 18.1 Å². The molecule has 0 amide bonds. The van der Waals surface area contributed by atoms with Crippen molar-refractivity contribution in [2.24, 2.45) is 0 Å². The van der Waals surface area contributed by atoms with Crippen LogP contribution in [0.5, 0.6) is 0 Å². The highest BCUT2D eigenvalue weighted by Gasteiger charge is 2.20. The third-order valence-corrected chi connectivity index (χ3v) is 2.69. The molecule has 82 valence electrons. The smallest absolute Gasteiger partial charge is 0.147 e. The lowest BCUT2D eigenvalue weighted by atomic mass is 10.4. The van der Waals surface area contributed by atoms with Gasteiger partial charge in [-0.3, -0.25) is 4.98 Å². The van der Waals surface area contributed by atoms with E-state index in [1.54, 1.807) is 0 Å². The second-order valence-electron chi connectivity index (χ2n) is 4.04. The van der Waals surface area contributed by atoms with Gasteiger partial charge in [-0.25, -0.2) is 4.98 Å². The molecule has 1 N–H and O–H groups in total. The SMILES string of the molecule is CCN(C)c1cncc(CNC2CC2)n1. The van der Waals surface area contributed by atoms with Gasteiger partial charge >= 0.3 is 0 Å². The van der Waals surface area contributed by atoms with Gasteiger partial charge < -0.3 is 10.2 Å². The van der Waals surface area contributed by atoms with E-state index in [0.717, 1.165) is 30.6 Å². The standard InChI is InChI=1S/C11H18N4/c1-3-15(2)11-8-12-6-10(14-11)7-13-9-4-5-9/h6,8-9,13H,3-5,7H2,1-2H3. The lowest BCUT2D eigenvalue weighted by Gasteiger charge is -2.15. The molecule has 0 radical (unpaired) electrons. The van der Waals surface area contributed by atoms with Crippen molar-refractivity contribution in [2.75, 3.05) is 18.5 Å². The Morgan fingerprint density at radius 3 is 2.93 bits per heavy atom. The number of hydrogen-bond acceptors (Lipinski definition) is 4. The van der Waals surface area contributed by atoms with Crippen LogP contribution in [0, 0.1) is 0 Å². The second kappa shape index (κ2) is 4.57. The van der Waals surface area contributed by atoms with Crippen LogP contribution in [0.4, 0.5) is 5.82 Å². The fraction of sp³-hybridized carbons (Fsp3) is 0.636. The first-order valence-corrected chi connectivity index (χ1v) is 5.55. The van der Waals surface area contributed by atoms with Crippen molar-refractivity contribution < 1.29 is 0 Å². The van der Waals surface area contributed by atoms with Crippen LogP contribution >= 0.6 is 0 Å². The molecule has 1 heterocycles. The molecule has 1 aliphatic rings. The van der Waals surface area contributed by atoms with Crippen LogP contribution in [0.25, 0.3) is 0 Å². The Bertz CT molecular complexity index is 322. The molecule has 0 saturated heterocycles. The molecule has 1 saturated carbocycles. The van der Waals surface area contributed by atoms with Crippen molar-refractivity contribution in [3.8, 4) is 0 Å². The molecule has 1 aromatic heterocycles. The number of nitrogens with zero attached hydrogens (tertiary/aromatic N) is 3. The second-order valence-corrected chi connectivity index (χ2v) is 4.04. The van der Waals surface area contributed by atoms with Gasteiger partial charge in [0.25, 0.3) is 0 Å². The predicted molar refractivity (Wildman–Crippen MR) is 60.8 cm³/mol. The Balaban J connectivity index is 1.97. The normalized spacial score (nSPS) is 15.3. The summed E-state index contributed by atoms with van der Waals surface area (Å²) in [6.45, 7) is 3.90. The van der Waals surface area contributed by atoms with Crippen LogP contribution in [-0.4, -0.2) is 29.6 Å². The van der Waals surface area contributed by atoms with Crippen molar-refractivity contribution in [3.63, 3.8) is 0 Å². The largest absolute Gasteiger partial charge is 0.359 e. The maximum Gasteiger partial charge on any atom is 0.147 e. The quantitative estimate of drug-likeness (QED) is 0.785. The lowest BCUT2D eigenvalue weighted by molar-refractivity contribution is 0.670. The topological polar surface area (TPSA) is 41.1 Å². The lowest BCUT2D eigenvalue weighted by Crippen LogP contribution is -2.20. The fourth-order valence-corrected chi connectivity index (χ4v) is 1.36. The highest BCUT2D eigenvalue weighted by Crippen LogP contribution is 2.19. The van der Waals surface area contributed by atoms with Gasteiger partial charge in [0.05, 0.1) is 11.9 Å². The number of hydrogen-bond donors (Lipinski definition) is 1. The Hall–Kier alpha value is -1.16. The molecule has 1 aliphatic carbocycles. The molecule has 0 aromatic carbocycles. The summed E-state index contributed by atoms with van der Waals surface area (Å²) in [5.41, 5.74) is 1.03. The van der Waals surface area contributed by atoms with Crippen LogP contribution in [0.3, 0.4) is 0 Å². The molecule has 0 aliphatic heterocycles. The van der Waals surface area contributed by atoms with Gasteiger partial charge in [-0.2, -0.15) is 0 Å². The first kappa shape index (κ1) is 10.4. The third-order valence-electron chi connectivity index (χ3n) is 2.69. The van der Waals surface area contributed by atoms with Crippen LogP contribution in [0.15, 0.2) is 12.4 Å². The number of nitrogens with one attached hydrogen (secondary N) is 1. The Labute approximate surface area is 90.7 Å². The summed E-state index contributed by atoms with van der Waals surface area (Å²) in [6, 6.07) is 0.722. The molecular formula is C11H18N4. The average Bonchev–Trinajstić information content (AvgIpc) is 3.09. The minimum atomic E-state index is 0.722. The average molecular weight is 206 g/mol. The summed E-state index contributed by atoms with van der Waals surface area (Å²) in [4.78, 5) is 10.8. The zero-order chi connectivity index (χ0) is 10.7. The molecule has 15 heavy (non-hydrogen) atoms. The third kappa shape index (κ3) is 2.89. The van der Waals surface area contributed by atoms with Crippen LogP contribution in [0.1, 0.15) is 25.5 Å². The number of rotatable bonds is 5. The van der Waals surface area contributed by atoms with Crippen molar-refractivity contribution >= 4 is 5.82 Å². The van der Waals surface area contributed by atoms with Gasteiger partial charge in [-0.05, 0) is 19.8 Å². The van der Waals surface area contributed by atoms with Gasteiger partial charge in [0.2, 0.25) is 0 Å². The Kier molecular flexibility index (Phi) is 3.16. The van der Waals surface area contributed by atoms with Gasteiger partial charge in [0.15, 0.2) is 0 Å². The summed E-state index contributed by atoms with van der Waals surface area (Å²) in [5.74, 6) is 0.951. The van der Waals surface area contributed by atoms with Crippen molar-refractivity contribution in [1.29, 1.82) is 0 Å². The monoisotopic (exact) mass is 206 g/mol. The fourth-order valence-electron chi connectivity index (χ4n) is 1.36. The Morgan fingerprint density at radius 2 is 2.27 bits per heavy atom. The molecule has 4 heteroatoms. The summed E-state index contributed by atoms with van der Waals surface area (Å²) in [7, 11) is 2.03. The van der Waals surface area contributed by atoms with Crippen molar-refractivity contribution in [2.45, 2.75) is 32.4 Å². The highest BCUT2D eigenvalue weighted by atomic mass is 15.2. The molecule has 0 atom stereocenters. The molecule has 0 unspecified atom stereocenters. The van der Waals surface area contributed by atoms with Gasteiger partial charge in [-0.15, -0.1) is 0 Å². The van der Waals surface area contributed by atoms with Crippen molar-refractivity contribution in [1.82, 2.24) is 15.3 Å². The molecule has 1 fully saturated rings. The van der Waals surface area contributed by atoms with E-state index >= 15 is 0 Å². The summed E-state index contributed by atoms with van der Waals surface area (Å²) in [6.07, 6.45) is 6.26. The zero-order valence-electron chi connectivity index (χ0n) is 9.40. The van der Waals surface area contributed by atoms with E-state index in [-0.39, 0.29) is 0 Å². The Morgan fingerprint density at radius 1 is 1.47 bits per heavy atom. The van der Waals surface area contributed by atoms with E-state index in [2.05, 4.69) is 27.1 Å². The van der Waals surface area contributed by atoms with Crippen LogP contribution in [-0.2, 0) is 6.54 Å². The number of aromatic nitrogens is 2. The molecule has 4 nitrogen and oxygen atoms in total. The molecule has 0 spiro atoms. The maximum atomic E-state index is 4.54. The number of anilines is 1. The molecule has 0 bridgehead atoms. The van der Waals surface area contributed by atoms with Gasteiger partial charge in [-0.1, -0.05) is 0 Å². The van der Waals surface area contributed by atoms with Gasteiger partial charge in [0.1, 0.15) is 5.82 Å². The first-order valence-electron chi connectivity index (χ1n) is 5.55. The van der Waals surface area contributed by atoms with E-state index in [1.165, 1.54) is 12.8 Å². The van der Waals surface area contributed by atoms with E-state index in [4.69, 9.17) is 0 Å². The maximum absolute atomic E-state index is 4.54. The van der Waals surface area contributed by atoms with Gasteiger partial charge in [0, 0.05) is 32.4 Å². The van der Waals surface area contributed by atoms with E-state index in [0.29, 0.717) is 0 Å². The molecular weight excluding hydrogens is 188 g/mol. The minimum Gasteiger partial charge on any atom is -0.359 e. The minimum absolute atomic E-state index is 0.722. The molecule has 1 aromatic rings. The van der Waals surface area contributed by atoms with E-state index in [9.17, 15) is 0 Å². The zero-order valence-corrected chi connectivity index (χ0v) is 9.40.